The van der Waals surface area contributed by atoms with Gasteiger partial charge in [-0.25, -0.2) is 0 Å². The normalized spacial score (nSPS) is 18.0. The van der Waals surface area contributed by atoms with Gasteiger partial charge in [-0.05, 0) is 56.0 Å². The molecule has 1 aromatic rings. The van der Waals surface area contributed by atoms with Gasteiger partial charge in [-0.15, -0.1) is 0 Å². The van der Waals surface area contributed by atoms with Crippen LogP contribution in [0.3, 0.4) is 0 Å². The van der Waals surface area contributed by atoms with Gasteiger partial charge in [0.05, 0.1) is 0 Å². The van der Waals surface area contributed by atoms with E-state index in [0.29, 0.717) is 0 Å². The number of para-hydroxylation sites is 1. The van der Waals surface area contributed by atoms with Crippen molar-refractivity contribution < 1.29 is 4.74 Å². The third-order valence-corrected chi connectivity index (χ3v) is 4.42. The lowest BCUT2D eigenvalue weighted by Gasteiger charge is -2.17. The summed E-state index contributed by atoms with van der Waals surface area (Å²) >= 11 is 0. The molecule has 20 heavy (non-hydrogen) atoms. The number of ether oxygens (including phenoxy) is 1. The third kappa shape index (κ3) is 3.52. The van der Waals surface area contributed by atoms with Crippen LogP contribution < -0.4 is 10.1 Å². The average molecular weight is 270 g/mol. The molecule has 2 aliphatic rings. The quantitative estimate of drug-likeness (QED) is 0.789. The van der Waals surface area contributed by atoms with Crippen LogP contribution in [0.5, 0.6) is 5.75 Å². The van der Waals surface area contributed by atoms with Gasteiger partial charge in [0.15, 0.2) is 6.61 Å². The highest BCUT2D eigenvalue weighted by atomic mass is 16.5. The first-order valence-electron chi connectivity index (χ1n) is 7.67. The number of benzene rings is 1. The summed E-state index contributed by atoms with van der Waals surface area (Å²) in [6, 6.07) is 10.0. The predicted molar refractivity (Wildman–Crippen MR) is 78.2 cm³/mol. The molecule has 2 fully saturated rings. The Morgan fingerprint density at radius 3 is 2.55 bits per heavy atom. The molecule has 0 amide bonds. The lowest BCUT2D eigenvalue weighted by molar-refractivity contribution is 0.356. The summed E-state index contributed by atoms with van der Waals surface area (Å²) in [6.45, 7) is 2.07. The summed E-state index contributed by atoms with van der Waals surface area (Å²) in [6.07, 6.45) is 5.74. The van der Waals surface area contributed by atoms with E-state index in [0.717, 1.165) is 42.2 Å². The topological polar surface area (TPSA) is 45.0 Å². The van der Waals surface area contributed by atoms with Crippen molar-refractivity contribution in [1.82, 2.24) is 5.32 Å². The molecule has 0 heterocycles. The molecule has 0 saturated heterocycles. The first-order valence-corrected chi connectivity index (χ1v) is 7.67. The smallest absolute Gasteiger partial charge is 0.174 e. The van der Waals surface area contributed by atoms with Crippen molar-refractivity contribution in [3.8, 4) is 11.8 Å². The summed E-state index contributed by atoms with van der Waals surface area (Å²) in [5.41, 5.74) is 1.15. The minimum absolute atomic E-state index is 0.115. The van der Waals surface area contributed by atoms with Crippen molar-refractivity contribution >= 4 is 0 Å². The number of hydrogen-bond acceptors (Lipinski definition) is 3. The second-order valence-electron chi connectivity index (χ2n) is 6.02. The maximum atomic E-state index is 8.61. The van der Waals surface area contributed by atoms with Gasteiger partial charge in [0.25, 0.3) is 0 Å². The molecule has 0 aromatic heterocycles. The maximum absolute atomic E-state index is 8.61. The van der Waals surface area contributed by atoms with Gasteiger partial charge >= 0.3 is 0 Å². The molecule has 0 unspecified atom stereocenters. The minimum atomic E-state index is 0.115. The zero-order valence-corrected chi connectivity index (χ0v) is 11.8. The van der Waals surface area contributed by atoms with Gasteiger partial charge < -0.3 is 10.1 Å². The molecule has 2 saturated carbocycles. The van der Waals surface area contributed by atoms with Crippen LogP contribution in [-0.2, 0) is 6.54 Å². The van der Waals surface area contributed by atoms with Crippen molar-refractivity contribution in [2.75, 3.05) is 13.2 Å². The highest BCUT2D eigenvalue weighted by Crippen LogP contribution is 2.48. The standard InChI is InChI=1S/C17H22N2O/c18-9-10-20-17-4-2-1-3-15(17)11-19-12-16(13-5-6-13)14-7-8-14/h1-4,13-14,16,19H,5-8,10-12H2. The first kappa shape index (κ1) is 13.5. The third-order valence-electron chi connectivity index (χ3n) is 4.42. The summed E-state index contributed by atoms with van der Waals surface area (Å²) < 4.78 is 5.46. The van der Waals surface area contributed by atoms with Gasteiger partial charge in [0.1, 0.15) is 11.8 Å². The summed E-state index contributed by atoms with van der Waals surface area (Å²) in [7, 11) is 0. The van der Waals surface area contributed by atoms with Crippen molar-refractivity contribution in [2.45, 2.75) is 32.2 Å². The van der Waals surface area contributed by atoms with E-state index in [1.165, 1.54) is 25.7 Å². The van der Waals surface area contributed by atoms with Crippen molar-refractivity contribution in [1.29, 1.82) is 5.26 Å². The Labute approximate surface area is 120 Å². The number of hydrogen-bond donors (Lipinski definition) is 1. The lowest BCUT2D eigenvalue weighted by Crippen LogP contribution is -2.25. The second kappa shape index (κ2) is 6.28. The summed E-state index contributed by atoms with van der Waals surface area (Å²) in [4.78, 5) is 0. The Bertz CT molecular complexity index is 474. The number of rotatable bonds is 8. The molecule has 0 spiro atoms. The van der Waals surface area contributed by atoms with E-state index in [1.807, 2.05) is 24.3 Å². The van der Waals surface area contributed by atoms with E-state index < -0.39 is 0 Å². The van der Waals surface area contributed by atoms with Gasteiger partial charge in [0, 0.05) is 12.1 Å². The predicted octanol–water partition coefficient (Wildman–Crippen LogP) is 3.11. The van der Waals surface area contributed by atoms with E-state index in [1.54, 1.807) is 0 Å². The molecule has 0 bridgehead atoms. The van der Waals surface area contributed by atoms with Crippen LogP contribution >= 0.6 is 0 Å². The largest absolute Gasteiger partial charge is 0.478 e. The second-order valence-corrected chi connectivity index (χ2v) is 6.02. The molecule has 3 heteroatoms. The summed E-state index contributed by atoms with van der Waals surface area (Å²) in [5.74, 6) is 3.69. The molecule has 0 aliphatic heterocycles. The van der Waals surface area contributed by atoms with Gasteiger partial charge in [0.2, 0.25) is 0 Å². The van der Waals surface area contributed by atoms with Crippen LogP contribution in [0, 0.1) is 29.1 Å². The zero-order valence-electron chi connectivity index (χ0n) is 11.8. The van der Waals surface area contributed by atoms with Crippen molar-refractivity contribution in [3.05, 3.63) is 29.8 Å². The zero-order chi connectivity index (χ0) is 13.8. The highest BCUT2D eigenvalue weighted by Gasteiger charge is 2.40. The van der Waals surface area contributed by atoms with Crippen LogP contribution in [0.2, 0.25) is 0 Å². The van der Waals surface area contributed by atoms with Crippen LogP contribution in [0.25, 0.3) is 0 Å². The fourth-order valence-corrected chi connectivity index (χ4v) is 3.04. The minimum Gasteiger partial charge on any atom is -0.478 e. The van der Waals surface area contributed by atoms with Gasteiger partial charge in [-0.1, -0.05) is 18.2 Å². The van der Waals surface area contributed by atoms with Gasteiger partial charge in [-0.3, -0.25) is 0 Å². The first-order chi connectivity index (χ1) is 9.88. The summed E-state index contributed by atoms with van der Waals surface area (Å²) in [5, 5.41) is 12.2. The van der Waals surface area contributed by atoms with Crippen LogP contribution in [0.4, 0.5) is 0 Å². The Balaban J connectivity index is 1.51. The van der Waals surface area contributed by atoms with E-state index in [9.17, 15) is 0 Å². The molecule has 1 N–H and O–H groups in total. The molecule has 3 rings (SSSR count). The van der Waals surface area contributed by atoms with E-state index in [-0.39, 0.29) is 6.61 Å². The number of nitriles is 1. The van der Waals surface area contributed by atoms with Crippen molar-refractivity contribution in [3.63, 3.8) is 0 Å². The lowest BCUT2D eigenvalue weighted by atomic mass is 9.98. The van der Waals surface area contributed by atoms with Crippen LogP contribution in [-0.4, -0.2) is 13.2 Å². The molecule has 3 nitrogen and oxygen atoms in total. The molecular formula is C17H22N2O. The fourth-order valence-electron chi connectivity index (χ4n) is 3.04. The molecule has 0 radical (unpaired) electrons. The SMILES string of the molecule is N#CCOc1ccccc1CNCC(C1CC1)C1CC1. The molecule has 2 aliphatic carbocycles. The molecule has 106 valence electrons. The van der Waals surface area contributed by atoms with Crippen molar-refractivity contribution in [2.24, 2.45) is 17.8 Å². The van der Waals surface area contributed by atoms with Crippen LogP contribution in [0.1, 0.15) is 31.2 Å². The Morgan fingerprint density at radius 2 is 1.90 bits per heavy atom. The Kier molecular flexibility index (Phi) is 4.22. The highest BCUT2D eigenvalue weighted by molar-refractivity contribution is 5.33. The van der Waals surface area contributed by atoms with E-state index >= 15 is 0 Å². The molecular weight excluding hydrogens is 248 g/mol. The average Bonchev–Trinajstić information content (AvgIpc) is 3.36. The van der Waals surface area contributed by atoms with E-state index in [4.69, 9.17) is 10.00 Å². The Hall–Kier alpha value is -1.53. The number of nitrogens with zero attached hydrogens (tertiary/aromatic N) is 1. The number of nitrogens with one attached hydrogen (secondary N) is 1. The molecule has 0 atom stereocenters. The van der Waals surface area contributed by atoms with E-state index in [2.05, 4.69) is 11.4 Å². The maximum Gasteiger partial charge on any atom is 0.174 e. The molecule has 1 aromatic carbocycles. The Morgan fingerprint density at radius 1 is 1.20 bits per heavy atom. The monoisotopic (exact) mass is 270 g/mol. The van der Waals surface area contributed by atoms with Gasteiger partial charge in [-0.2, -0.15) is 5.26 Å². The fraction of sp³-hybridized carbons (Fsp3) is 0.588. The van der Waals surface area contributed by atoms with Crippen LogP contribution in [0.15, 0.2) is 24.3 Å².